The van der Waals surface area contributed by atoms with E-state index in [0.29, 0.717) is 0 Å². The highest BCUT2D eigenvalue weighted by molar-refractivity contribution is 5.95. The first-order valence-corrected chi connectivity index (χ1v) is 6.31. The zero-order valence-electron chi connectivity index (χ0n) is 11.1. The van der Waals surface area contributed by atoms with Crippen molar-refractivity contribution in [2.24, 2.45) is 0 Å². The van der Waals surface area contributed by atoms with Gasteiger partial charge in [-0.05, 0) is 38.3 Å². The summed E-state index contributed by atoms with van der Waals surface area (Å²) in [7, 11) is 0. The summed E-state index contributed by atoms with van der Waals surface area (Å²) in [4.78, 5) is 4.80. The van der Waals surface area contributed by atoms with Crippen LogP contribution in [0.4, 0.5) is 5.69 Å². The van der Waals surface area contributed by atoms with Crippen LogP contribution in [0, 0.1) is 13.8 Å². The molecule has 1 aromatic carbocycles. The molecule has 0 fully saturated rings. The lowest BCUT2D eigenvalue weighted by molar-refractivity contribution is 1.02. The summed E-state index contributed by atoms with van der Waals surface area (Å²) in [5.74, 6) is 0. The quantitative estimate of drug-likeness (QED) is 0.863. The van der Waals surface area contributed by atoms with E-state index in [2.05, 4.69) is 51.2 Å². The SMILES string of the molecule is CCNc1c(C)c(CC)nc2c(C)cccc12. The van der Waals surface area contributed by atoms with Crippen LogP contribution in [0.15, 0.2) is 18.2 Å². The zero-order chi connectivity index (χ0) is 12.4. The molecule has 0 spiro atoms. The van der Waals surface area contributed by atoms with Gasteiger partial charge in [-0.15, -0.1) is 0 Å². The minimum atomic E-state index is 0.942. The molecule has 2 aromatic rings. The maximum Gasteiger partial charge on any atom is 0.0755 e. The molecule has 1 N–H and O–H groups in total. The Kier molecular flexibility index (Phi) is 3.32. The number of benzene rings is 1. The third-order valence-electron chi connectivity index (χ3n) is 3.25. The number of pyridine rings is 1. The lowest BCUT2D eigenvalue weighted by Crippen LogP contribution is -2.04. The Hall–Kier alpha value is -1.57. The van der Waals surface area contributed by atoms with Crippen LogP contribution in [-0.4, -0.2) is 11.5 Å². The maximum absolute atomic E-state index is 4.80. The van der Waals surface area contributed by atoms with Crippen LogP contribution in [0.5, 0.6) is 0 Å². The summed E-state index contributed by atoms with van der Waals surface area (Å²) in [5, 5.41) is 4.72. The summed E-state index contributed by atoms with van der Waals surface area (Å²) in [6, 6.07) is 6.38. The molecule has 2 heteroatoms. The van der Waals surface area contributed by atoms with Crippen molar-refractivity contribution in [2.75, 3.05) is 11.9 Å². The van der Waals surface area contributed by atoms with Gasteiger partial charge in [-0.25, -0.2) is 0 Å². The zero-order valence-corrected chi connectivity index (χ0v) is 11.1. The van der Waals surface area contributed by atoms with E-state index in [1.54, 1.807) is 0 Å². The second-order valence-electron chi connectivity index (χ2n) is 4.41. The summed E-state index contributed by atoms with van der Waals surface area (Å²) < 4.78 is 0. The lowest BCUT2D eigenvalue weighted by atomic mass is 10.0. The molecule has 0 saturated carbocycles. The molecule has 1 heterocycles. The topological polar surface area (TPSA) is 24.9 Å². The van der Waals surface area contributed by atoms with Crippen molar-refractivity contribution in [1.82, 2.24) is 4.98 Å². The smallest absolute Gasteiger partial charge is 0.0755 e. The molecule has 0 atom stereocenters. The number of aromatic nitrogens is 1. The molecular weight excluding hydrogens is 208 g/mol. The number of aryl methyl sites for hydroxylation is 2. The van der Waals surface area contributed by atoms with E-state index >= 15 is 0 Å². The van der Waals surface area contributed by atoms with Crippen molar-refractivity contribution in [3.8, 4) is 0 Å². The van der Waals surface area contributed by atoms with Gasteiger partial charge in [0.2, 0.25) is 0 Å². The van der Waals surface area contributed by atoms with E-state index in [-0.39, 0.29) is 0 Å². The number of nitrogens with one attached hydrogen (secondary N) is 1. The van der Waals surface area contributed by atoms with Gasteiger partial charge >= 0.3 is 0 Å². The number of hydrogen-bond donors (Lipinski definition) is 1. The largest absolute Gasteiger partial charge is 0.385 e. The highest BCUT2D eigenvalue weighted by Gasteiger charge is 2.10. The van der Waals surface area contributed by atoms with Crippen molar-refractivity contribution in [1.29, 1.82) is 0 Å². The Balaban J connectivity index is 2.81. The van der Waals surface area contributed by atoms with Gasteiger partial charge in [0.15, 0.2) is 0 Å². The highest BCUT2D eigenvalue weighted by Crippen LogP contribution is 2.29. The van der Waals surface area contributed by atoms with E-state index in [9.17, 15) is 0 Å². The third kappa shape index (κ3) is 1.99. The van der Waals surface area contributed by atoms with Gasteiger partial charge in [-0.2, -0.15) is 0 Å². The molecule has 1 aromatic heterocycles. The summed E-state index contributed by atoms with van der Waals surface area (Å²) >= 11 is 0. The van der Waals surface area contributed by atoms with Crippen LogP contribution in [0.2, 0.25) is 0 Å². The van der Waals surface area contributed by atoms with Gasteiger partial charge in [0.05, 0.1) is 5.52 Å². The third-order valence-corrected chi connectivity index (χ3v) is 3.25. The van der Waals surface area contributed by atoms with E-state index in [1.807, 2.05) is 0 Å². The number of fused-ring (bicyclic) bond motifs is 1. The molecule has 90 valence electrons. The Bertz CT molecular complexity index is 544. The molecule has 0 amide bonds. The van der Waals surface area contributed by atoms with Crippen molar-refractivity contribution < 1.29 is 0 Å². The number of para-hydroxylation sites is 1. The first-order valence-electron chi connectivity index (χ1n) is 6.31. The fourth-order valence-electron chi connectivity index (χ4n) is 2.32. The molecular formula is C15H20N2. The molecule has 0 unspecified atom stereocenters. The monoisotopic (exact) mass is 228 g/mol. The maximum atomic E-state index is 4.80. The normalized spacial score (nSPS) is 10.8. The van der Waals surface area contributed by atoms with Crippen LogP contribution < -0.4 is 5.32 Å². The van der Waals surface area contributed by atoms with E-state index in [0.717, 1.165) is 18.5 Å². The fourth-order valence-corrected chi connectivity index (χ4v) is 2.32. The first kappa shape index (κ1) is 11.9. The number of hydrogen-bond acceptors (Lipinski definition) is 2. The van der Waals surface area contributed by atoms with Gasteiger partial charge in [0.1, 0.15) is 0 Å². The molecule has 0 aliphatic rings. The Labute approximate surface area is 103 Å². The van der Waals surface area contributed by atoms with Gasteiger partial charge in [0.25, 0.3) is 0 Å². The van der Waals surface area contributed by atoms with Crippen LogP contribution in [-0.2, 0) is 6.42 Å². The minimum Gasteiger partial charge on any atom is -0.385 e. The van der Waals surface area contributed by atoms with E-state index in [4.69, 9.17) is 4.98 Å². The van der Waals surface area contributed by atoms with Crippen LogP contribution in [0.3, 0.4) is 0 Å². The van der Waals surface area contributed by atoms with Crippen molar-refractivity contribution in [3.05, 3.63) is 35.0 Å². The first-order chi connectivity index (χ1) is 8.19. The standard InChI is InChI=1S/C15H20N2/c1-5-13-11(4)15(16-6-2)12-9-7-8-10(3)14(12)17-13/h7-9H,5-6H2,1-4H3,(H,16,17). The average molecular weight is 228 g/mol. The number of nitrogens with zero attached hydrogens (tertiary/aromatic N) is 1. The Morgan fingerprint density at radius 1 is 1.18 bits per heavy atom. The molecule has 0 aliphatic heterocycles. The van der Waals surface area contributed by atoms with Gasteiger partial charge < -0.3 is 5.32 Å². The molecule has 17 heavy (non-hydrogen) atoms. The average Bonchev–Trinajstić information content (AvgIpc) is 2.33. The molecule has 0 radical (unpaired) electrons. The number of rotatable bonds is 3. The molecule has 2 rings (SSSR count). The minimum absolute atomic E-state index is 0.942. The molecule has 2 nitrogen and oxygen atoms in total. The van der Waals surface area contributed by atoms with Crippen molar-refractivity contribution in [2.45, 2.75) is 34.1 Å². The predicted molar refractivity (Wildman–Crippen MR) is 74.8 cm³/mol. The van der Waals surface area contributed by atoms with Crippen LogP contribution in [0.25, 0.3) is 10.9 Å². The highest BCUT2D eigenvalue weighted by atomic mass is 14.9. The predicted octanol–water partition coefficient (Wildman–Crippen LogP) is 3.85. The fraction of sp³-hybridized carbons (Fsp3) is 0.400. The lowest BCUT2D eigenvalue weighted by Gasteiger charge is -2.15. The molecule has 0 bridgehead atoms. The summed E-state index contributed by atoms with van der Waals surface area (Å²) in [5.41, 5.74) is 6.11. The number of anilines is 1. The molecule has 0 saturated heterocycles. The Morgan fingerprint density at radius 2 is 1.94 bits per heavy atom. The summed E-state index contributed by atoms with van der Waals surface area (Å²) in [6.07, 6.45) is 0.981. The second kappa shape index (κ2) is 4.74. The second-order valence-corrected chi connectivity index (χ2v) is 4.41. The van der Waals surface area contributed by atoms with Crippen molar-refractivity contribution >= 4 is 16.6 Å². The molecule has 0 aliphatic carbocycles. The summed E-state index contributed by atoms with van der Waals surface area (Å²) in [6.45, 7) is 9.52. The van der Waals surface area contributed by atoms with Gasteiger partial charge in [-0.3, -0.25) is 4.98 Å². The van der Waals surface area contributed by atoms with Crippen molar-refractivity contribution in [3.63, 3.8) is 0 Å². The van der Waals surface area contributed by atoms with E-state index in [1.165, 1.54) is 27.9 Å². The van der Waals surface area contributed by atoms with Crippen LogP contribution >= 0.6 is 0 Å². The van der Waals surface area contributed by atoms with E-state index < -0.39 is 0 Å². The Morgan fingerprint density at radius 3 is 2.59 bits per heavy atom. The van der Waals surface area contributed by atoms with Gasteiger partial charge in [-0.1, -0.05) is 25.1 Å². The van der Waals surface area contributed by atoms with Gasteiger partial charge in [0, 0.05) is 23.3 Å². The van der Waals surface area contributed by atoms with Crippen LogP contribution in [0.1, 0.15) is 30.7 Å².